The van der Waals surface area contributed by atoms with E-state index in [0.29, 0.717) is 25.7 Å². The van der Waals surface area contributed by atoms with Gasteiger partial charge in [0.25, 0.3) is 0 Å². The normalized spacial score (nSPS) is 16.4. The molecule has 6 N–H and O–H groups in total. The Bertz CT molecular complexity index is 1070. The fourth-order valence-corrected chi connectivity index (χ4v) is 5.15. The number of nitrogens with one attached hydrogen (secondary N) is 2. The second-order valence-electron chi connectivity index (χ2n) is 8.46. The summed E-state index contributed by atoms with van der Waals surface area (Å²) in [6.45, 7) is 3.56. The second-order valence-corrected chi connectivity index (χ2v) is 9.79. The highest BCUT2D eigenvalue weighted by atomic mass is 32.2. The van der Waals surface area contributed by atoms with Crippen LogP contribution < -0.4 is 15.8 Å². The molecule has 0 bridgehead atoms. The van der Waals surface area contributed by atoms with Crippen molar-refractivity contribution in [2.75, 3.05) is 0 Å². The zero-order valence-electron chi connectivity index (χ0n) is 20.0. The van der Waals surface area contributed by atoms with Gasteiger partial charge in [0.05, 0.1) is 11.8 Å². The molecule has 0 saturated heterocycles. The third kappa shape index (κ3) is 7.30. The van der Waals surface area contributed by atoms with Crippen LogP contribution in [0.1, 0.15) is 57.9 Å². The molecule has 0 radical (unpaired) electrons. The minimum Gasteiger partial charge on any atom is -0.481 e. The Labute approximate surface area is 212 Å². The topological polar surface area (TPSA) is 180 Å². The number of carbonyl (C=O) groups excluding carboxylic acids is 2. The van der Waals surface area contributed by atoms with Crippen molar-refractivity contribution >= 4 is 41.4 Å². The molecule has 1 heterocycles. The van der Waals surface area contributed by atoms with Gasteiger partial charge in [0.15, 0.2) is 11.6 Å². The first-order chi connectivity index (χ1) is 16.9. The standard InChI is InChI=1S/C24H30FN3O7S/c1-3-24(4-2,23(34)28-16(21(31)32)11-19(29)30)12-14-6-5-7-18(36-14)22(33)35-17-9-8-13(20(26)27)10-15(17)25/h6,8-10,16,18H,3-5,7,11-12H2,1-2H3,(H3,26,27)(H,28,34)(H,29,30)(H,31,32). The molecular weight excluding hydrogens is 493 g/mol. The van der Waals surface area contributed by atoms with Crippen molar-refractivity contribution in [1.29, 1.82) is 5.41 Å². The zero-order chi connectivity index (χ0) is 27.0. The summed E-state index contributed by atoms with van der Waals surface area (Å²) >= 11 is 1.20. The third-order valence-electron chi connectivity index (χ3n) is 6.14. The molecular formula is C24H30FN3O7S. The van der Waals surface area contributed by atoms with Crippen LogP contribution in [0.25, 0.3) is 0 Å². The fraction of sp³-hybridized carbons (Fsp3) is 0.458. The first-order valence-electron chi connectivity index (χ1n) is 11.4. The highest BCUT2D eigenvalue weighted by Gasteiger charge is 2.39. The van der Waals surface area contributed by atoms with Crippen LogP contribution in [-0.4, -0.2) is 51.2 Å². The molecule has 36 heavy (non-hydrogen) atoms. The van der Waals surface area contributed by atoms with Gasteiger partial charge in [0.2, 0.25) is 5.91 Å². The maximum absolute atomic E-state index is 14.3. The molecule has 0 aromatic heterocycles. The molecule has 0 spiro atoms. The Kier molecular flexibility index (Phi) is 10.0. The number of halogens is 1. The number of esters is 1. The van der Waals surface area contributed by atoms with Crippen LogP contribution in [0.5, 0.6) is 5.75 Å². The van der Waals surface area contributed by atoms with Gasteiger partial charge in [-0.1, -0.05) is 19.9 Å². The van der Waals surface area contributed by atoms with E-state index < -0.39 is 52.8 Å². The fourth-order valence-electron chi connectivity index (χ4n) is 3.81. The number of carbonyl (C=O) groups is 4. The van der Waals surface area contributed by atoms with Gasteiger partial charge in [-0.25, -0.2) is 9.18 Å². The SMILES string of the molecule is CCC(CC)(CC1=CCCC(C(=O)Oc2ccc(C(=N)N)cc2F)S1)C(=O)NC(CC(=O)O)C(=O)O. The Morgan fingerprint density at radius 2 is 1.94 bits per heavy atom. The number of ether oxygens (including phenoxy) is 1. The van der Waals surface area contributed by atoms with Crippen molar-refractivity contribution < 1.29 is 38.5 Å². The Morgan fingerprint density at radius 1 is 1.28 bits per heavy atom. The summed E-state index contributed by atoms with van der Waals surface area (Å²) in [4.78, 5) is 49.0. The number of thioether (sulfide) groups is 1. The lowest BCUT2D eigenvalue weighted by Crippen LogP contribution is -2.49. The Hall–Kier alpha value is -3.41. The number of allylic oxidation sites excluding steroid dienone is 2. The van der Waals surface area contributed by atoms with Gasteiger partial charge in [0.1, 0.15) is 17.1 Å². The average molecular weight is 524 g/mol. The number of rotatable bonds is 12. The molecule has 12 heteroatoms. The zero-order valence-corrected chi connectivity index (χ0v) is 20.8. The molecule has 1 aromatic rings. The molecule has 1 aliphatic rings. The van der Waals surface area contributed by atoms with Gasteiger partial charge in [-0.2, -0.15) is 0 Å². The minimum absolute atomic E-state index is 0.159. The van der Waals surface area contributed by atoms with E-state index >= 15 is 0 Å². The quantitative estimate of drug-likeness (QED) is 0.119. The molecule has 1 amide bonds. The number of benzene rings is 1. The lowest BCUT2D eigenvalue weighted by molar-refractivity contribution is -0.148. The predicted molar refractivity (Wildman–Crippen MR) is 131 cm³/mol. The second kappa shape index (κ2) is 12.5. The number of carboxylic acid groups (broad SMARTS) is 2. The average Bonchev–Trinajstić information content (AvgIpc) is 2.83. The lowest BCUT2D eigenvalue weighted by Gasteiger charge is -2.33. The highest BCUT2D eigenvalue weighted by Crippen LogP contribution is 2.42. The Morgan fingerprint density at radius 3 is 2.47 bits per heavy atom. The van der Waals surface area contributed by atoms with Crippen LogP contribution in [0.15, 0.2) is 29.2 Å². The van der Waals surface area contributed by atoms with Crippen molar-refractivity contribution in [2.24, 2.45) is 11.1 Å². The lowest BCUT2D eigenvalue weighted by atomic mass is 9.77. The predicted octanol–water partition coefficient (Wildman–Crippen LogP) is 3.04. The van der Waals surface area contributed by atoms with Gasteiger partial charge in [-0.15, -0.1) is 11.8 Å². The smallest absolute Gasteiger partial charge is 0.326 e. The monoisotopic (exact) mass is 523 g/mol. The van der Waals surface area contributed by atoms with E-state index in [1.165, 1.54) is 23.9 Å². The van der Waals surface area contributed by atoms with E-state index in [9.17, 15) is 28.7 Å². The maximum Gasteiger partial charge on any atom is 0.326 e. The summed E-state index contributed by atoms with van der Waals surface area (Å²) in [5.74, 6) is -5.44. The molecule has 0 saturated carbocycles. The number of nitrogens with two attached hydrogens (primary N) is 1. The first-order valence-corrected chi connectivity index (χ1v) is 12.3. The van der Waals surface area contributed by atoms with Crippen molar-refractivity contribution in [3.8, 4) is 5.75 Å². The van der Waals surface area contributed by atoms with Gasteiger partial charge in [-0.3, -0.25) is 19.8 Å². The number of carboxylic acids is 2. The maximum atomic E-state index is 14.3. The summed E-state index contributed by atoms with van der Waals surface area (Å²) in [5.41, 5.74) is 4.49. The summed E-state index contributed by atoms with van der Waals surface area (Å²) < 4.78 is 19.5. The molecule has 1 aliphatic heterocycles. The van der Waals surface area contributed by atoms with E-state index in [0.717, 1.165) is 11.0 Å². The molecule has 2 unspecified atom stereocenters. The summed E-state index contributed by atoms with van der Waals surface area (Å²) in [6.07, 6.45) is 3.05. The van der Waals surface area contributed by atoms with E-state index in [4.69, 9.17) is 21.0 Å². The van der Waals surface area contributed by atoms with E-state index in [2.05, 4.69) is 5.32 Å². The molecule has 10 nitrogen and oxygen atoms in total. The molecule has 0 aliphatic carbocycles. The molecule has 2 rings (SSSR count). The number of amidine groups is 1. The van der Waals surface area contributed by atoms with Crippen LogP contribution in [-0.2, 0) is 19.2 Å². The van der Waals surface area contributed by atoms with Crippen LogP contribution in [0.4, 0.5) is 4.39 Å². The number of amides is 1. The van der Waals surface area contributed by atoms with Gasteiger partial charge in [0, 0.05) is 5.56 Å². The van der Waals surface area contributed by atoms with Crippen LogP contribution in [0.2, 0.25) is 0 Å². The van der Waals surface area contributed by atoms with Gasteiger partial charge in [-0.05, 0) is 55.2 Å². The number of nitrogen functional groups attached to an aromatic ring is 1. The van der Waals surface area contributed by atoms with Crippen LogP contribution >= 0.6 is 11.8 Å². The largest absolute Gasteiger partial charge is 0.481 e. The summed E-state index contributed by atoms with van der Waals surface area (Å²) in [7, 11) is 0. The minimum atomic E-state index is -1.56. The molecule has 2 atom stereocenters. The number of aliphatic carboxylic acids is 2. The van der Waals surface area contributed by atoms with E-state index in [1.807, 2.05) is 6.08 Å². The first kappa shape index (κ1) is 28.8. The van der Waals surface area contributed by atoms with Crippen LogP contribution in [0.3, 0.4) is 0 Å². The number of hydrogen-bond donors (Lipinski definition) is 5. The van der Waals surface area contributed by atoms with Crippen molar-refractivity contribution in [3.05, 3.63) is 40.6 Å². The van der Waals surface area contributed by atoms with Crippen molar-refractivity contribution in [3.63, 3.8) is 0 Å². The number of hydrogen-bond acceptors (Lipinski definition) is 7. The van der Waals surface area contributed by atoms with E-state index in [-0.39, 0.29) is 23.6 Å². The van der Waals surface area contributed by atoms with Crippen molar-refractivity contribution in [1.82, 2.24) is 5.32 Å². The van der Waals surface area contributed by atoms with Gasteiger partial charge < -0.3 is 26.0 Å². The molecule has 196 valence electrons. The highest BCUT2D eigenvalue weighted by molar-refractivity contribution is 8.04. The van der Waals surface area contributed by atoms with E-state index in [1.54, 1.807) is 13.8 Å². The summed E-state index contributed by atoms with van der Waals surface area (Å²) in [6, 6.07) is 2.05. The molecule has 1 aromatic carbocycles. The van der Waals surface area contributed by atoms with Gasteiger partial charge >= 0.3 is 17.9 Å². The van der Waals surface area contributed by atoms with Crippen LogP contribution in [0, 0.1) is 16.6 Å². The summed E-state index contributed by atoms with van der Waals surface area (Å²) in [5, 5.41) is 27.3. The van der Waals surface area contributed by atoms with Crippen molar-refractivity contribution in [2.45, 2.75) is 63.7 Å². The Balaban J connectivity index is 2.12. The molecule has 0 fully saturated rings. The third-order valence-corrected chi connectivity index (χ3v) is 7.47.